The van der Waals surface area contributed by atoms with Gasteiger partial charge in [0, 0.05) is 7.05 Å². The molecular weight excluding hydrogens is 170 g/mol. The van der Waals surface area contributed by atoms with Gasteiger partial charge in [-0.1, -0.05) is 6.42 Å². The standard InChI is InChI=1S/C9H17NO3/c1-10(12-2)9(11)7-13-6-8-4-3-5-8/h8H,3-7H2,1-2H3. The van der Waals surface area contributed by atoms with E-state index in [1.54, 1.807) is 7.05 Å². The van der Waals surface area contributed by atoms with Crippen LogP contribution in [-0.4, -0.2) is 38.3 Å². The van der Waals surface area contributed by atoms with Crippen LogP contribution in [0.15, 0.2) is 0 Å². The van der Waals surface area contributed by atoms with Gasteiger partial charge in [-0.25, -0.2) is 5.06 Å². The summed E-state index contributed by atoms with van der Waals surface area (Å²) in [6.45, 7) is 0.837. The maximum atomic E-state index is 11.1. The van der Waals surface area contributed by atoms with Crippen LogP contribution in [0.5, 0.6) is 0 Å². The monoisotopic (exact) mass is 187 g/mol. The number of carbonyl (C=O) groups excluding carboxylic acids is 1. The third kappa shape index (κ3) is 3.32. The predicted octanol–water partition coefficient (Wildman–Crippen LogP) is 0.823. The van der Waals surface area contributed by atoms with Crippen LogP contribution in [0.4, 0.5) is 0 Å². The minimum Gasteiger partial charge on any atom is -0.371 e. The van der Waals surface area contributed by atoms with Gasteiger partial charge in [-0.05, 0) is 18.8 Å². The zero-order chi connectivity index (χ0) is 9.68. The molecular formula is C9H17NO3. The maximum absolute atomic E-state index is 11.1. The number of amides is 1. The van der Waals surface area contributed by atoms with Crippen molar-refractivity contribution >= 4 is 5.91 Å². The van der Waals surface area contributed by atoms with Crippen molar-refractivity contribution in [2.75, 3.05) is 27.4 Å². The van der Waals surface area contributed by atoms with Crippen LogP contribution in [0, 0.1) is 5.92 Å². The Morgan fingerprint density at radius 3 is 2.69 bits per heavy atom. The Kier molecular flexibility index (Phi) is 4.18. The maximum Gasteiger partial charge on any atom is 0.271 e. The van der Waals surface area contributed by atoms with E-state index in [-0.39, 0.29) is 12.5 Å². The van der Waals surface area contributed by atoms with Crippen LogP contribution >= 0.6 is 0 Å². The van der Waals surface area contributed by atoms with Gasteiger partial charge in [0.15, 0.2) is 0 Å². The second-order valence-electron chi connectivity index (χ2n) is 3.39. The van der Waals surface area contributed by atoms with Gasteiger partial charge in [0.05, 0.1) is 13.7 Å². The molecule has 0 N–H and O–H groups in total. The number of hydrogen-bond donors (Lipinski definition) is 0. The van der Waals surface area contributed by atoms with Crippen molar-refractivity contribution in [1.82, 2.24) is 5.06 Å². The molecule has 0 heterocycles. The minimum atomic E-state index is -0.137. The average molecular weight is 187 g/mol. The quantitative estimate of drug-likeness (QED) is 0.598. The van der Waals surface area contributed by atoms with Crippen LogP contribution in [0.1, 0.15) is 19.3 Å². The molecule has 0 atom stereocenters. The smallest absolute Gasteiger partial charge is 0.271 e. The number of ether oxygens (including phenoxy) is 1. The summed E-state index contributed by atoms with van der Waals surface area (Å²) in [6, 6.07) is 0. The topological polar surface area (TPSA) is 38.8 Å². The van der Waals surface area contributed by atoms with Crippen LogP contribution in [0.2, 0.25) is 0 Å². The van der Waals surface area contributed by atoms with E-state index in [0.29, 0.717) is 12.5 Å². The molecule has 0 saturated heterocycles. The lowest BCUT2D eigenvalue weighted by atomic mass is 9.86. The van der Waals surface area contributed by atoms with E-state index in [0.717, 1.165) is 0 Å². The lowest BCUT2D eigenvalue weighted by Gasteiger charge is -2.25. The lowest BCUT2D eigenvalue weighted by Crippen LogP contribution is -2.30. The lowest BCUT2D eigenvalue weighted by molar-refractivity contribution is -0.174. The SMILES string of the molecule is CON(C)C(=O)COCC1CCC1. The molecule has 1 saturated carbocycles. The number of carbonyl (C=O) groups is 1. The van der Waals surface area contributed by atoms with E-state index in [4.69, 9.17) is 9.57 Å². The van der Waals surface area contributed by atoms with Gasteiger partial charge in [-0.3, -0.25) is 9.63 Å². The highest BCUT2D eigenvalue weighted by atomic mass is 16.7. The molecule has 1 rings (SSSR count). The van der Waals surface area contributed by atoms with Crippen molar-refractivity contribution in [2.24, 2.45) is 5.92 Å². The molecule has 0 radical (unpaired) electrons. The van der Waals surface area contributed by atoms with Crippen LogP contribution in [0.3, 0.4) is 0 Å². The third-order valence-electron chi connectivity index (χ3n) is 2.43. The first kappa shape index (κ1) is 10.5. The molecule has 4 heteroatoms. The van der Waals surface area contributed by atoms with Crippen molar-refractivity contribution in [2.45, 2.75) is 19.3 Å². The summed E-state index contributed by atoms with van der Waals surface area (Å²) in [6.07, 6.45) is 3.79. The summed E-state index contributed by atoms with van der Waals surface area (Å²) in [5.41, 5.74) is 0. The summed E-state index contributed by atoms with van der Waals surface area (Å²) in [7, 11) is 3.04. The molecule has 0 bridgehead atoms. The molecule has 0 aromatic heterocycles. The Hall–Kier alpha value is -0.610. The van der Waals surface area contributed by atoms with Crippen molar-refractivity contribution in [3.63, 3.8) is 0 Å². The molecule has 76 valence electrons. The molecule has 13 heavy (non-hydrogen) atoms. The first-order valence-electron chi connectivity index (χ1n) is 4.62. The Balaban J connectivity index is 2.00. The van der Waals surface area contributed by atoms with Crippen molar-refractivity contribution in [3.05, 3.63) is 0 Å². The highest BCUT2D eigenvalue weighted by molar-refractivity contribution is 5.75. The second kappa shape index (κ2) is 5.19. The van der Waals surface area contributed by atoms with Gasteiger partial charge >= 0.3 is 0 Å². The average Bonchev–Trinajstić information content (AvgIpc) is 2.07. The van der Waals surface area contributed by atoms with E-state index in [1.165, 1.54) is 31.4 Å². The Labute approximate surface area is 78.8 Å². The summed E-state index contributed by atoms with van der Waals surface area (Å²) in [5, 5.41) is 1.18. The molecule has 1 aliphatic rings. The Bertz CT molecular complexity index is 168. The number of nitrogens with zero attached hydrogens (tertiary/aromatic N) is 1. The summed E-state index contributed by atoms with van der Waals surface area (Å²) < 4.78 is 5.25. The fourth-order valence-electron chi connectivity index (χ4n) is 1.17. The molecule has 0 aromatic rings. The highest BCUT2D eigenvalue weighted by Gasteiger charge is 2.18. The molecule has 1 amide bonds. The first-order chi connectivity index (χ1) is 6.24. The molecule has 4 nitrogen and oxygen atoms in total. The fraction of sp³-hybridized carbons (Fsp3) is 0.889. The van der Waals surface area contributed by atoms with Gasteiger partial charge in [0.25, 0.3) is 5.91 Å². The zero-order valence-electron chi connectivity index (χ0n) is 8.28. The predicted molar refractivity (Wildman–Crippen MR) is 47.9 cm³/mol. The Morgan fingerprint density at radius 2 is 2.23 bits per heavy atom. The molecule has 0 aliphatic heterocycles. The van der Waals surface area contributed by atoms with E-state index in [1.807, 2.05) is 0 Å². The summed E-state index contributed by atoms with van der Waals surface area (Å²) in [4.78, 5) is 15.9. The van der Waals surface area contributed by atoms with Gasteiger partial charge in [0.2, 0.25) is 0 Å². The van der Waals surface area contributed by atoms with Gasteiger partial charge in [0.1, 0.15) is 6.61 Å². The largest absolute Gasteiger partial charge is 0.371 e. The normalized spacial score (nSPS) is 16.8. The number of hydrogen-bond acceptors (Lipinski definition) is 3. The zero-order valence-corrected chi connectivity index (χ0v) is 8.28. The molecule has 1 aliphatic carbocycles. The number of rotatable bonds is 5. The molecule has 0 aromatic carbocycles. The van der Waals surface area contributed by atoms with E-state index >= 15 is 0 Å². The van der Waals surface area contributed by atoms with Crippen LogP contribution in [-0.2, 0) is 14.4 Å². The van der Waals surface area contributed by atoms with Crippen LogP contribution < -0.4 is 0 Å². The van der Waals surface area contributed by atoms with Crippen molar-refractivity contribution in [1.29, 1.82) is 0 Å². The van der Waals surface area contributed by atoms with E-state index in [2.05, 4.69) is 0 Å². The third-order valence-corrected chi connectivity index (χ3v) is 2.43. The summed E-state index contributed by atoms with van der Waals surface area (Å²) >= 11 is 0. The second-order valence-corrected chi connectivity index (χ2v) is 3.39. The van der Waals surface area contributed by atoms with Crippen LogP contribution in [0.25, 0.3) is 0 Å². The van der Waals surface area contributed by atoms with Crippen molar-refractivity contribution in [3.8, 4) is 0 Å². The van der Waals surface area contributed by atoms with E-state index in [9.17, 15) is 4.79 Å². The first-order valence-corrected chi connectivity index (χ1v) is 4.62. The van der Waals surface area contributed by atoms with Gasteiger partial charge in [-0.2, -0.15) is 0 Å². The number of likely N-dealkylation sites (N-methyl/N-ethyl adjacent to an activating group) is 1. The molecule has 1 fully saturated rings. The molecule has 0 unspecified atom stereocenters. The summed E-state index contributed by atoms with van der Waals surface area (Å²) in [5.74, 6) is 0.544. The number of hydroxylamine groups is 2. The van der Waals surface area contributed by atoms with E-state index < -0.39 is 0 Å². The van der Waals surface area contributed by atoms with Gasteiger partial charge < -0.3 is 4.74 Å². The minimum absolute atomic E-state index is 0.126. The van der Waals surface area contributed by atoms with Crippen molar-refractivity contribution < 1.29 is 14.4 Å². The molecule has 0 spiro atoms. The van der Waals surface area contributed by atoms with Gasteiger partial charge in [-0.15, -0.1) is 0 Å². The highest BCUT2D eigenvalue weighted by Crippen LogP contribution is 2.26. The fourth-order valence-corrected chi connectivity index (χ4v) is 1.17. The Morgan fingerprint density at radius 1 is 1.54 bits per heavy atom.